The van der Waals surface area contributed by atoms with Gasteiger partial charge >= 0.3 is 0 Å². The third kappa shape index (κ3) is 3.14. The Hall–Kier alpha value is -2.29. The van der Waals surface area contributed by atoms with E-state index >= 15 is 0 Å². The molecule has 3 nitrogen and oxygen atoms in total. The first-order valence-corrected chi connectivity index (χ1v) is 7.51. The SMILES string of the molecule is CC(C)c1ccc(O)c(C(=O)c2cc(C(C)C)ccc2O)c1. The van der Waals surface area contributed by atoms with E-state index < -0.39 is 0 Å². The van der Waals surface area contributed by atoms with Gasteiger partial charge in [-0.25, -0.2) is 0 Å². The van der Waals surface area contributed by atoms with Gasteiger partial charge in [-0.2, -0.15) is 0 Å². The zero-order valence-electron chi connectivity index (χ0n) is 13.4. The highest BCUT2D eigenvalue weighted by Gasteiger charge is 2.19. The normalized spacial score (nSPS) is 11.2. The smallest absolute Gasteiger partial charge is 0.200 e. The van der Waals surface area contributed by atoms with Crippen molar-refractivity contribution < 1.29 is 15.0 Å². The number of carbonyl (C=O) groups is 1. The molecule has 22 heavy (non-hydrogen) atoms. The van der Waals surface area contributed by atoms with Crippen molar-refractivity contribution in [1.82, 2.24) is 0 Å². The van der Waals surface area contributed by atoms with Crippen LogP contribution in [-0.4, -0.2) is 16.0 Å². The summed E-state index contributed by atoms with van der Waals surface area (Å²) in [6.45, 7) is 8.10. The molecule has 3 heteroatoms. The molecular weight excluding hydrogens is 276 g/mol. The Morgan fingerprint density at radius 2 is 1.14 bits per heavy atom. The number of aromatic hydroxyl groups is 2. The third-order valence-electron chi connectivity index (χ3n) is 3.86. The van der Waals surface area contributed by atoms with E-state index in [1.165, 1.54) is 12.1 Å². The van der Waals surface area contributed by atoms with Gasteiger partial charge in [0, 0.05) is 0 Å². The van der Waals surface area contributed by atoms with Gasteiger partial charge in [-0.3, -0.25) is 4.79 Å². The summed E-state index contributed by atoms with van der Waals surface area (Å²) in [5.41, 5.74) is 2.39. The van der Waals surface area contributed by atoms with Gasteiger partial charge in [-0.15, -0.1) is 0 Å². The average Bonchev–Trinajstić information content (AvgIpc) is 2.47. The molecule has 0 heterocycles. The van der Waals surface area contributed by atoms with Crippen LogP contribution < -0.4 is 0 Å². The molecule has 2 aromatic rings. The molecule has 0 unspecified atom stereocenters. The second kappa shape index (κ2) is 6.22. The summed E-state index contributed by atoms with van der Waals surface area (Å²) in [5, 5.41) is 20.0. The van der Waals surface area contributed by atoms with Gasteiger partial charge in [0.05, 0.1) is 11.1 Å². The first kappa shape index (κ1) is 16.1. The maximum Gasteiger partial charge on any atom is 0.200 e. The number of ketones is 1. The lowest BCUT2D eigenvalue weighted by molar-refractivity contribution is 0.103. The van der Waals surface area contributed by atoms with Crippen molar-refractivity contribution in [2.24, 2.45) is 0 Å². The summed E-state index contributed by atoms with van der Waals surface area (Å²) in [5.74, 6) is 0.0120. The van der Waals surface area contributed by atoms with Crippen LogP contribution >= 0.6 is 0 Å². The van der Waals surface area contributed by atoms with Crippen LogP contribution in [0.15, 0.2) is 36.4 Å². The lowest BCUT2D eigenvalue weighted by Gasteiger charge is -2.12. The fourth-order valence-electron chi connectivity index (χ4n) is 2.33. The molecule has 0 bridgehead atoms. The quantitative estimate of drug-likeness (QED) is 0.813. The van der Waals surface area contributed by atoms with Crippen molar-refractivity contribution in [3.63, 3.8) is 0 Å². The number of hydrogen-bond acceptors (Lipinski definition) is 3. The highest BCUT2D eigenvalue weighted by atomic mass is 16.3. The average molecular weight is 298 g/mol. The lowest BCUT2D eigenvalue weighted by Crippen LogP contribution is -2.05. The van der Waals surface area contributed by atoms with Gasteiger partial charge in [0.2, 0.25) is 0 Å². The molecule has 0 radical (unpaired) electrons. The highest BCUT2D eigenvalue weighted by molar-refractivity contribution is 6.12. The van der Waals surface area contributed by atoms with Crippen LogP contribution in [0.1, 0.15) is 66.6 Å². The van der Waals surface area contributed by atoms with Gasteiger partial charge in [-0.05, 0) is 47.2 Å². The number of phenolic OH excluding ortho intramolecular Hbond substituents is 2. The van der Waals surface area contributed by atoms with E-state index in [0.717, 1.165) is 11.1 Å². The maximum absolute atomic E-state index is 12.7. The van der Waals surface area contributed by atoms with Crippen LogP contribution in [0, 0.1) is 0 Å². The minimum absolute atomic E-state index is 0.0660. The monoisotopic (exact) mass is 298 g/mol. The first-order valence-electron chi connectivity index (χ1n) is 7.51. The maximum atomic E-state index is 12.7. The fraction of sp³-hybridized carbons (Fsp3) is 0.316. The Bertz CT molecular complexity index is 640. The lowest BCUT2D eigenvalue weighted by atomic mass is 9.93. The Kier molecular flexibility index (Phi) is 4.55. The van der Waals surface area contributed by atoms with Gasteiger partial charge in [0.15, 0.2) is 5.78 Å². The molecule has 0 spiro atoms. The molecule has 0 aliphatic rings. The van der Waals surface area contributed by atoms with E-state index in [1.807, 2.05) is 27.7 Å². The van der Waals surface area contributed by atoms with Crippen LogP contribution in [0.5, 0.6) is 11.5 Å². The van der Waals surface area contributed by atoms with Gasteiger partial charge < -0.3 is 10.2 Å². The van der Waals surface area contributed by atoms with Gasteiger partial charge in [-0.1, -0.05) is 39.8 Å². The summed E-state index contributed by atoms with van der Waals surface area (Å²) in [7, 11) is 0. The highest BCUT2D eigenvalue weighted by Crippen LogP contribution is 2.30. The number of benzene rings is 2. The Balaban J connectivity index is 2.52. The van der Waals surface area contributed by atoms with Crippen molar-refractivity contribution in [2.45, 2.75) is 39.5 Å². The van der Waals surface area contributed by atoms with E-state index in [9.17, 15) is 15.0 Å². The standard InChI is InChI=1S/C19H22O3/c1-11(2)13-5-7-17(20)15(9-13)19(22)16-10-14(12(3)4)6-8-18(16)21/h5-12,20-21H,1-4H3. The number of carbonyl (C=O) groups excluding carboxylic acids is 1. The molecule has 0 aromatic heterocycles. The van der Waals surface area contributed by atoms with E-state index in [0.29, 0.717) is 0 Å². The molecular formula is C19H22O3. The molecule has 2 rings (SSSR count). The van der Waals surface area contributed by atoms with Crippen LogP contribution in [0.25, 0.3) is 0 Å². The molecule has 0 saturated heterocycles. The molecule has 2 N–H and O–H groups in total. The van der Waals surface area contributed by atoms with E-state index in [1.54, 1.807) is 24.3 Å². The molecule has 0 saturated carbocycles. The third-order valence-corrected chi connectivity index (χ3v) is 3.86. The summed E-state index contributed by atoms with van der Waals surface area (Å²) >= 11 is 0. The fourth-order valence-corrected chi connectivity index (χ4v) is 2.33. The first-order chi connectivity index (χ1) is 10.3. The number of phenols is 2. The zero-order valence-corrected chi connectivity index (χ0v) is 13.4. The van der Waals surface area contributed by atoms with Gasteiger partial charge in [0.1, 0.15) is 11.5 Å². The summed E-state index contributed by atoms with van der Waals surface area (Å²) in [4.78, 5) is 12.7. The van der Waals surface area contributed by atoms with E-state index in [4.69, 9.17) is 0 Å². The van der Waals surface area contributed by atoms with Gasteiger partial charge in [0.25, 0.3) is 0 Å². The molecule has 0 aliphatic carbocycles. The largest absolute Gasteiger partial charge is 0.507 e. The van der Waals surface area contributed by atoms with E-state index in [-0.39, 0.29) is 40.2 Å². The van der Waals surface area contributed by atoms with Crippen LogP contribution in [0.3, 0.4) is 0 Å². The van der Waals surface area contributed by atoms with Crippen molar-refractivity contribution in [1.29, 1.82) is 0 Å². The van der Waals surface area contributed by atoms with Crippen molar-refractivity contribution in [2.75, 3.05) is 0 Å². The Labute approximate surface area is 131 Å². The Morgan fingerprint density at radius 1 is 0.773 bits per heavy atom. The van der Waals surface area contributed by atoms with Crippen LogP contribution in [-0.2, 0) is 0 Å². The summed E-state index contributed by atoms with van der Waals surface area (Å²) in [6, 6.07) is 10.1. The number of hydrogen-bond donors (Lipinski definition) is 2. The molecule has 2 aromatic carbocycles. The second-order valence-corrected chi connectivity index (χ2v) is 6.19. The van der Waals surface area contributed by atoms with Crippen molar-refractivity contribution in [3.8, 4) is 11.5 Å². The second-order valence-electron chi connectivity index (χ2n) is 6.19. The van der Waals surface area contributed by atoms with Crippen molar-refractivity contribution in [3.05, 3.63) is 58.7 Å². The van der Waals surface area contributed by atoms with E-state index in [2.05, 4.69) is 0 Å². The van der Waals surface area contributed by atoms with Crippen LogP contribution in [0.2, 0.25) is 0 Å². The predicted octanol–water partition coefficient (Wildman–Crippen LogP) is 4.58. The minimum Gasteiger partial charge on any atom is -0.507 e. The summed E-state index contributed by atoms with van der Waals surface area (Å²) < 4.78 is 0. The zero-order chi connectivity index (χ0) is 16.4. The Morgan fingerprint density at radius 3 is 1.45 bits per heavy atom. The molecule has 0 atom stereocenters. The number of rotatable bonds is 4. The van der Waals surface area contributed by atoms with Crippen molar-refractivity contribution >= 4 is 5.78 Å². The molecule has 116 valence electrons. The predicted molar refractivity (Wildman–Crippen MR) is 87.8 cm³/mol. The van der Waals surface area contributed by atoms with Crippen LogP contribution in [0.4, 0.5) is 0 Å². The molecule has 0 amide bonds. The molecule has 0 fully saturated rings. The minimum atomic E-state index is -0.361. The topological polar surface area (TPSA) is 57.5 Å². The molecule has 0 aliphatic heterocycles. The summed E-state index contributed by atoms with van der Waals surface area (Å²) in [6.07, 6.45) is 0.